The fourth-order valence-electron chi connectivity index (χ4n) is 1.94. The van der Waals surface area contributed by atoms with E-state index in [1.807, 2.05) is 6.07 Å². The largest absolute Gasteiger partial charge is 0.326 e. The second-order valence-corrected chi connectivity index (χ2v) is 5.84. The maximum absolute atomic E-state index is 11.9. The van der Waals surface area contributed by atoms with Crippen LogP contribution in [-0.4, -0.2) is 17.6 Å². The first-order chi connectivity index (χ1) is 10.9. The number of anilines is 2. The lowest BCUT2D eigenvalue weighted by Gasteiger charge is -2.07. The number of carbonyl (C=O) groups is 3. The summed E-state index contributed by atoms with van der Waals surface area (Å²) in [6, 6.07) is 13.7. The van der Waals surface area contributed by atoms with Crippen molar-refractivity contribution in [2.45, 2.75) is 13.3 Å². The van der Waals surface area contributed by atoms with Crippen LogP contribution in [0, 0.1) is 0 Å². The van der Waals surface area contributed by atoms with Crippen LogP contribution in [0.4, 0.5) is 11.4 Å². The van der Waals surface area contributed by atoms with E-state index in [0.29, 0.717) is 16.9 Å². The van der Waals surface area contributed by atoms with E-state index < -0.39 is 11.8 Å². The molecule has 0 radical (unpaired) electrons. The number of hydrogen-bond acceptors (Lipinski definition) is 3. The van der Waals surface area contributed by atoms with Crippen LogP contribution in [0.25, 0.3) is 0 Å². The molecule has 6 heteroatoms. The van der Waals surface area contributed by atoms with Gasteiger partial charge in [-0.3, -0.25) is 14.4 Å². The van der Waals surface area contributed by atoms with Crippen LogP contribution in [0.15, 0.2) is 53.0 Å². The highest BCUT2D eigenvalue weighted by Gasteiger charge is 2.11. The highest BCUT2D eigenvalue weighted by Crippen LogP contribution is 2.16. The monoisotopic (exact) mass is 374 g/mol. The molecule has 0 spiro atoms. The summed E-state index contributed by atoms with van der Waals surface area (Å²) >= 11 is 3.31. The van der Waals surface area contributed by atoms with Gasteiger partial charge in [-0.25, -0.2) is 0 Å². The molecular formula is C17H15BrN2O3. The van der Waals surface area contributed by atoms with Crippen molar-refractivity contribution in [3.63, 3.8) is 0 Å². The summed E-state index contributed by atoms with van der Waals surface area (Å²) in [5.74, 6) is -0.949. The van der Waals surface area contributed by atoms with Crippen LogP contribution in [0.2, 0.25) is 0 Å². The molecule has 2 aromatic rings. The van der Waals surface area contributed by atoms with Crippen molar-refractivity contribution >= 4 is 44.9 Å². The fourth-order valence-corrected chi connectivity index (χ4v) is 2.34. The fraction of sp³-hybridized carbons (Fsp3) is 0.118. The van der Waals surface area contributed by atoms with Crippen molar-refractivity contribution in [2.24, 2.45) is 0 Å². The third-order valence-electron chi connectivity index (χ3n) is 2.98. The van der Waals surface area contributed by atoms with E-state index in [9.17, 15) is 14.4 Å². The Balaban J connectivity index is 1.93. The number of amides is 2. The molecule has 2 rings (SSSR count). The summed E-state index contributed by atoms with van der Waals surface area (Å²) in [5, 5.41) is 5.25. The van der Waals surface area contributed by atoms with Gasteiger partial charge in [-0.05, 0) is 37.3 Å². The number of benzene rings is 2. The van der Waals surface area contributed by atoms with Crippen molar-refractivity contribution < 1.29 is 14.4 Å². The molecule has 2 N–H and O–H groups in total. The summed E-state index contributed by atoms with van der Waals surface area (Å²) in [6.45, 7) is 1.45. The molecule has 5 nitrogen and oxygen atoms in total. The zero-order chi connectivity index (χ0) is 16.8. The van der Waals surface area contributed by atoms with E-state index in [1.165, 1.54) is 6.92 Å². The number of halogens is 1. The van der Waals surface area contributed by atoms with E-state index in [1.54, 1.807) is 42.5 Å². The SMILES string of the molecule is CC(=O)c1cccc(NC(=O)CC(=O)Nc2cccc(Br)c2)c1. The Morgan fingerprint density at radius 1 is 0.913 bits per heavy atom. The van der Waals surface area contributed by atoms with Crippen molar-refractivity contribution in [1.82, 2.24) is 0 Å². The van der Waals surface area contributed by atoms with Crippen LogP contribution in [0.1, 0.15) is 23.7 Å². The van der Waals surface area contributed by atoms with Gasteiger partial charge < -0.3 is 10.6 Å². The van der Waals surface area contributed by atoms with Crippen molar-refractivity contribution in [1.29, 1.82) is 0 Å². The Bertz CT molecular complexity index is 759. The molecule has 0 unspecified atom stereocenters. The maximum Gasteiger partial charge on any atom is 0.233 e. The zero-order valence-electron chi connectivity index (χ0n) is 12.4. The molecule has 0 aliphatic heterocycles. The second kappa shape index (κ2) is 7.69. The molecule has 0 saturated carbocycles. The number of ketones is 1. The normalized spacial score (nSPS) is 10.0. The third-order valence-corrected chi connectivity index (χ3v) is 3.48. The van der Waals surface area contributed by atoms with E-state index in [-0.39, 0.29) is 12.2 Å². The first-order valence-electron chi connectivity index (χ1n) is 6.90. The third kappa shape index (κ3) is 5.34. The van der Waals surface area contributed by atoms with Crippen LogP contribution in [-0.2, 0) is 9.59 Å². The molecule has 0 fully saturated rings. The first-order valence-corrected chi connectivity index (χ1v) is 7.69. The van der Waals surface area contributed by atoms with Gasteiger partial charge in [-0.15, -0.1) is 0 Å². The first kappa shape index (κ1) is 16.9. The molecule has 0 aromatic heterocycles. The molecule has 118 valence electrons. The summed E-state index contributed by atoms with van der Waals surface area (Å²) in [6.07, 6.45) is -0.309. The van der Waals surface area contributed by atoms with Crippen LogP contribution >= 0.6 is 15.9 Å². The Morgan fingerprint density at radius 2 is 1.48 bits per heavy atom. The minimum Gasteiger partial charge on any atom is -0.326 e. The topological polar surface area (TPSA) is 75.3 Å². The van der Waals surface area contributed by atoms with Gasteiger partial charge in [-0.2, -0.15) is 0 Å². The quantitative estimate of drug-likeness (QED) is 0.619. The highest BCUT2D eigenvalue weighted by atomic mass is 79.9. The number of nitrogens with one attached hydrogen (secondary N) is 2. The molecule has 0 heterocycles. The van der Waals surface area contributed by atoms with Gasteiger partial charge in [0, 0.05) is 21.4 Å². The standard InChI is InChI=1S/C17H15BrN2O3/c1-11(21)12-4-2-6-14(8-12)19-16(22)10-17(23)20-15-7-3-5-13(18)9-15/h2-9H,10H2,1H3,(H,19,22)(H,20,23). The lowest BCUT2D eigenvalue weighted by atomic mass is 10.1. The molecule has 0 aliphatic carbocycles. The molecule has 2 amide bonds. The number of Topliss-reactive ketones (excluding diaryl/α,β-unsaturated/α-hetero) is 1. The Labute approximate surface area is 142 Å². The van der Waals surface area contributed by atoms with Crippen molar-refractivity contribution in [2.75, 3.05) is 10.6 Å². The number of rotatable bonds is 5. The van der Waals surface area contributed by atoms with Gasteiger partial charge >= 0.3 is 0 Å². The van der Waals surface area contributed by atoms with Crippen LogP contribution < -0.4 is 10.6 Å². The Kier molecular flexibility index (Phi) is 5.65. The van der Waals surface area contributed by atoms with E-state index in [4.69, 9.17) is 0 Å². The highest BCUT2D eigenvalue weighted by molar-refractivity contribution is 9.10. The molecule has 0 saturated heterocycles. The van der Waals surface area contributed by atoms with E-state index in [2.05, 4.69) is 26.6 Å². The van der Waals surface area contributed by atoms with Gasteiger partial charge in [-0.1, -0.05) is 34.1 Å². The average molecular weight is 375 g/mol. The molecule has 0 aliphatic rings. The minimum atomic E-state index is -0.446. The van der Waals surface area contributed by atoms with Gasteiger partial charge in [0.15, 0.2) is 5.78 Å². The van der Waals surface area contributed by atoms with Crippen molar-refractivity contribution in [3.8, 4) is 0 Å². The van der Waals surface area contributed by atoms with Crippen molar-refractivity contribution in [3.05, 3.63) is 58.6 Å². The van der Waals surface area contributed by atoms with Gasteiger partial charge in [0.05, 0.1) is 0 Å². The van der Waals surface area contributed by atoms with Crippen LogP contribution in [0.3, 0.4) is 0 Å². The predicted molar refractivity (Wildman–Crippen MR) is 92.5 cm³/mol. The lowest BCUT2D eigenvalue weighted by Crippen LogP contribution is -2.21. The Hall–Kier alpha value is -2.47. The average Bonchev–Trinajstić information content (AvgIpc) is 2.47. The summed E-state index contributed by atoms with van der Waals surface area (Å²) in [4.78, 5) is 35.1. The summed E-state index contributed by atoms with van der Waals surface area (Å²) < 4.78 is 0.834. The smallest absolute Gasteiger partial charge is 0.233 e. The summed E-state index contributed by atoms with van der Waals surface area (Å²) in [7, 11) is 0. The molecular weight excluding hydrogens is 360 g/mol. The van der Waals surface area contributed by atoms with Gasteiger partial charge in [0.25, 0.3) is 0 Å². The second-order valence-electron chi connectivity index (χ2n) is 4.92. The molecule has 0 bridgehead atoms. The van der Waals surface area contributed by atoms with Gasteiger partial charge in [0.1, 0.15) is 6.42 Å². The van der Waals surface area contributed by atoms with E-state index in [0.717, 1.165) is 4.47 Å². The lowest BCUT2D eigenvalue weighted by molar-refractivity contribution is -0.123. The van der Waals surface area contributed by atoms with Crippen LogP contribution in [0.5, 0.6) is 0 Å². The Morgan fingerprint density at radius 3 is 2.04 bits per heavy atom. The summed E-state index contributed by atoms with van der Waals surface area (Å²) in [5.41, 5.74) is 1.59. The molecule has 0 atom stereocenters. The van der Waals surface area contributed by atoms with E-state index >= 15 is 0 Å². The maximum atomic E-state index is 11.9. The minimum absolute atomic E-state index is 0.0894. The number of hydrogen-bond donors (Lipinski definition) is 2. The predicted octanol–water partition coefficient (Wildman–Crippen LogP) is 3.62. The zero-order valence-corrected chi connectivity index (χ0v) is 14.0. The van der Waals surface area contributed by atoms with Gasteiger partial charge in [0.2, 0.25) is 11.8 Å². The molecule has 2 aromatic carbocycles. The number of carbonyl (C=O) groups excluding carboxylic acids is 3. The molecule has 23 heavy (non-hydrogen) atoms.